The van der Waals surface area contributed by atoms with Crippen LogP contribution in [0.15, 0.2) is 12.1 Å². The molecule has 0 bridgehead atoms. The quantitative estimate of drug-likeness (QED) is 0.714. The van der Waals surface area contributed by atoms with Gasteiger partial charge in [-0.1, -0.05) is 6.92 Å². The Morgan fingerprint density at radius 3 is 2.67 bits per heavy atom. The fourth-order valence-corrected chi connectivity index (χ4v) is 3.93. The fourth-order valence-electron chi connectivity index (χ4n) is 1.69. The van der Waals surface area contributed by atoms with Gasteiger partial charge in [-0.2, -0.15) is 0 Å². The van der Waals surface area contributed by atoms with Crippen LogP contribution >= 0.6 is 11.3 Å². The molecule has 0 amide bonds. The number of sulfonamides is 1. The molecular formula is C12H22N2O2S2. The van der Waals surface area contributed by atoms with Crippen LogP contribution in [0.5, 0.6) is 0 Å². The minimum Gasteiger partial charge on any atom is -0.316 e. The summed E-state index contributed by atoms with van der Waals surface area (Å²) in [4.78, 5) is 2.47. The molecule has 1 rings (SSSR count). The summed E-state index contributed by atoms with van der Waals surface area (Å²) in [6.07, 6.45) is 0.749. The van der Waals surface area contributed by atoms with E-state index in [0.29, 0.717) is 6.54 Å². The lowest BCUT2D eigenvalue weighted by atomic mass is 10.2. The van der Waals surface area contributed by atoms with E-state index in [2.05, 4.69) is 29.1 Å². The average molecular weight is 290 g/mol. The SMILES string of the molecule is CCNCCS(=O)(=O)NC(C)Cc1ccc(C)s1. The van der Waals surface area contributed by atoms with Gasteiger partial charge in [0, 0.05) is 22.3 Å². The van der Waals surface area contributed by atoms with E-state index < -0.39 is 10.0 Å². The molecule has 1 heterocycles. The van der Waals surface area contributed by atoms with Gasteiger partial charge in [-0.15, -0.1) is 11.3 Å². The van der Waals surface area contributed by atoms with E-state index >= 15 is 0 Å². The maximum Gasteiger partial charge on any atom is 0.213 e. The molecule has 0 saturated heterocycles. The summed E-state index contributed by atoms with van der Waals surface area (Å²) in [5.41, 5.74) is 0. The van der Waals surface area contributed by atoms with Gasteiger partial charge in [0.25, 0.3) is 0 Å². The van der Waals surface area contributed by atoms with Gasteiger partial charge < -0.3 is 5.32 Å². The highest BCUT2D eigenvalue weighted by Gasteiger charge is 2.14. The molecule has 0 aliphatic carbocycles. The van der Waals surface area contributed by atoms with Crippen molar-refractivity contribution >= 4 is 21.4 Å². The summed E-state index contributed by atoms with van der Waals surface area (Å²) in [7, 11) is -3.17. The minimum atomic E-state index is -3.17. The maximum absolute atomic E-state index is 11.8. The first-order valence-electron chi connectivity index (χ1n) is 6.19. The lowest BCUT2D eigenvalue weighted by molar-refractivity contribution is 0.557. The first-order chi connectivity index (χ1) is 8.43. The van der Waals surface area contributed by atoms with Crippen LogP contribution in [0.3, 0.4) is 0 Å². The van der Waals surface area contributed by atoms with Crippen LogP contribution in [-0.4, -0.2) is 33.3 Å². The van der Waals surface area contributed by atoms with Crippen LogP contribution in [-0.2, 0) is 16.4 Å². The van der Waals surface area contributed by atoms with Gasteiger partial charge in [-0.3, -0.25) is 0 Å². The predicted octanol–water partition coefficient (Wildman–Crippen LogP) is 1.52. The lowest BCUT2D eigenvalue weighted by Crippen LogP contribution is -2.38. The maximum atomic E-state index is 11.8. The van der Waals surface area contributed by atoms with E-state index in [-0.39, 0.29) is 11.8 Å². The van der Waals surface area contributed by atoms with Crippen molar-refractivity contribution in [2.24, 2.45) is 0 Å². The molecule has 0 radical (unpaired) electrons. The molecule has 18 heavy (non-hydrogen) atoms. The van der Waals surface area contributed by atoms with Gasteiger partial charge in [-0.25, -0.2) is 13.1 Å². The summed E-state index contributed by atoms with van der Waals surface area (Å²) in [6, 6.07) is 4.06. The summed E-state index contributed by atoms with van der Waals surface area (Å²) >= 11 is 1.72. The molecule has 1 aromatic heterocycles. The Labute approximate surface area is 114 Å². The van der Waals surface area contributed by atoms with Crippen molar-refractivity contribution in [3.05, 3.63) is 21.9 Å². The molecule has 0 aromatic carbocycles. The second-order valence-corrected chi connectivity index (χ2v) is 7.65. The molecule has 104 valence electrons. The number of nitrogens with one attached hydrogen (secondary N) is 2. The van der Waals surface area contributed by atoms with E-state index in [4.69, 9.17) is 0 Å². The highest BCUT2D eigenvalue weighted by molar-refractivity contribution is 7.89. The zero-order valence-electron chi connectivity index (χ0n) is 11.2. The molecule has 0 aliphatic rings. The van der Waals surface area contributed by atoms with Gasteiger partial charge >= 0.3 is 0 Å². The summed E-state index contributed by atoms with van der Waals surface area (Å²) in [5, 5.41) is 3.01. The van der Waals surface area contributed by atoms with Crippen molar-refractivity contribution in [2.45, 2.75) is 33.2 Å². The third-order valence-corrected chi connectivity index (χ3v) is 5.01. The van der Waals surface area contributed by atoms with Crippen LogP contribution in [0.1, 0.15) is 23.6 Å². The monoisotopic (exact) mass is 290 g/mol. The second kappa shape index (κ2) is 7.23. The van der Waals surface area contributed by atoms with Crippen molar-refractivity contribution in [2.75, 3.05) is 18.8 Å². The van der Waals surface area contributed by atoms with Gasteiger partial charge in [0.1, 0.15) is 0 Å². The average Bonchev–Trinajstić information content (AvgIpc) is 2.63. The third-order valence-electron chi connectivity index (χ3n) is 2.48. The molecule has 1 atom stereocenters. The Morgan fingerprint density at radius 2 is 2.11 bits per heavy atom. The predicted molar refractivity (Wildman–Crippen MR) is 77.7 cm³/mol. The summed E-state index contributed by atoms with van der Waals surface area (Å²) in [5.74, 6) is 0.134. The highest BCUT2D eigenvalue weighted by atomic mass is 32.2. The standard InChI is InChI=1S/C12H22N2O2S2/c1-4-13-7-8-18(15,16)14-10(2)9-12-6-5-11(3)17-12/h5-6,10,13-14H,4,7-9H2,1-3H3. The topological polar surface area (TPSA) is 58.2 Å². The van der Waals surface area contributed by atoms with Crippen LogP contribution in [0.25, 0.3) is 0 Å². The first-order valence-corrected chi connectivity index (χ1v) is 8.66. The number of hydrogen-bond acceptors (Lipinski definition) is 4. The normalized spacial score (nSPS) is 13.7. The van der Waals surface area contributed by atoms with Crippen molar-refractivity contribution in [1.82, 2.24) is 10.0 Å². The van der Waals surface area contributed by atoms with Crippen LogP contribution in [0.4, 0.5) is 0 Å². The van der Waals surface area contributed by atoms with Gasteiger partial charge in [-0.05, 0) is 38.9 Å². The minimum absolute atomic E-state index is 0.0605. The molecule has 0 fully saturated rings. The van der Waals surface area contributed by atoms with E-state index in [9.17, 15) is 8.42 Å². The van der Waals surface area contributed by atoms with E-state index in [1.54, 1.807) is 11.3 Å². The van der Waals surface area contributed by atoms with Crippen molar-refractivity contribution in [3.8, 4) is 0 Å². The molecule has 4 nitrogen and oxygen atoms in total. The Bertz CT molecular complexity index is 454. The molecular weight excluding hydrogens is 268 g/mol. The van der Waals surface area contributed by atoms with Crippen molar-refractivity contribution in [1.29, 1.82) is 0 Å². The Hall–Kier alpha value is -0.430. The molecule has 0 saturated carbocycles. The molecule has 0 spiro atoms. The highest BCUT2D eigenvalue weighted by Crippen LogP contribution is 2.16. The van der Waals surface area contributed by atoms with E-state index in [1.807, 2.05) is 13.8 Å². The molecule has 1 unspecified atom stereocenters. The van der Waals surface area contributed by atoms with Crippen LogP contribution in [0.2, 0.25) is 0 Å². The largest absolute Gasteiger partial charge is 0.316 e. The van der Waals surface area contributed by atoms with Crippen molar-refractivity contribution < 1.29 is 8.42 Å². The number of thiophene rings is 1. The van der Waals surface area contributed by atoms with Gasteiger partial charge in [0.2, 0.25) is 10.0 Å². The fraction of sp³-hybridized carbons (Fsp3) is 0.667. The van der Waals surface area contributed by atoms with E-state index in [0.717, 1.165) is 13.0 Å². The zero-order valence-corrected chi connectivity index (χ0v) is 12.8. The molecule has 0 aliphatic heterocycles. The molecule has 6 heteroatoms. The van der Waals surface area contributed by atoms with E-state index in [1.165, 1.54) is 9.75 Å². The Morgan fingerprint density at radius 1 is 1.39 bits per heavy atom. The zero-order chi connectivity index (χ0) is 13.6. The third kappa shape index (κ3) is 5.95. The van der Waals surface area contributed by atoms with Crippen LogP contribution in [0, 0.1) is 6.92 Å². The number of aryl methyl sites for hydroxylation is 1. The first kappa shape index (κ1) is 15.6. The number of rotatable bonds is 8. The van der Waals surface area contributed by atoms with Crippen LogP contribution < -0.4 is 10.0 Å². The summed E-state index contributed by atoms with van der Waals surface area (Å²) in [6.45, 7) is 7.21. The van der Waals surface area contributed by atoms with Crippen molar-refractivity contribution in [3.63, 3.8) is 0 Å². The Kier molecular flexibility index (Phi) is 6.28. The molecule has 2 N–H and O–H groups in total. The summed E-state index contributed by atoms with van der Waals surface area (Å²) < 4.78 is 26.2. The molecule has 1 aromatic rings. The smallest absolute Gasteiger partial charge is 0.213 e. The lowest BCUT2D eigenvalue weighted by Gasteiger charge is -2.13. The van der Waals surface area contributed by atoms with Gasteiger partial charge in [0.15, 0.2) is 0 Å². The Balaban J connectivity index is 2.41. The van der Waals surface area contributed by atoms with Gasteiger partial charge in [0.05, 0.1) is 5.75 Å². The second-order valence-electron chi connectivity index (χ2n) is 4.41. The number of hydrogen-bond donors (Lipinski definition) is 2.